The second-order valence-electron chi connectivity index (χ2n) is 7.62. The van der Waals surface area contributed by atoms with E-state index in [0.717, 1.165) is 11.1 Å². The van der Waals surface area contributed by atoms with Crippen LogP contribution in [0.5, 0.6) is 5.75 Å². The third kappa shape index (κ3) is 4.46. The Hall–Kier alpha value is -4.06. The summed E-state index contributed by atoms with van der Waals surface area (Å²) in [4.78, 5) is 30.2. The number of hydrogen-bond donors (Lipinski definition) is 3. The summed E-state index contributed by atoms with van der Waals surface area (Å²) in [5, 5.41) is 33.0. The largest absolute Gasteiger partial charge is 0.496 e. The van der Waals surface area contributed by atoms with Crippen molar-refractivity contribution < 1.29 is 24.5 Å². The Morgan fingerprint density at radius 2 is 2.09 bits per heavy atom. The first-order chi connectivity index (χ1) is 15.9. The summed E-state index contributed by atoms with van der Waals surface area (Å²) in [6, 6.07) is 8.11. The summed E-state index contributed by atoms with van der Waals surface area (Å²) in [6.45, 7) is 2.21. The maximum Gasteiger partial charge on any atom is 0.407 e. The van der Waals surface area contributed by atoms with Crippen LogP contribution in [0.4, 0.5) is 10.6 Å². The third-order valence-electron chi connectivity index (χ3n) is 5.44. The van der Waals surface area contributed by atoms with Gasteiger partial charge in [0.25, 0.3) is 5.91 Å². The van der Waals surface area contributed by atoms with Crippen molar-refractivity contribution in [2.45, 2.75) is 25.9 Å². The van der Waals surface area contributed by atoms with Gasteiger partial charge in [0.1, 0.15) is 17.3 Å². The predicted octanol–water partition coefficient (Wildman–Crippen LogP) is 1.59. The van der Waals surface area contributed by atoms with Gasteiger partial charge in [-0.05, 0) is 59.2 Å². The highest BCUT2D eigenvalue weighted by Gasteiger charge is 2.24. The van der Waals surface area contributed by atoms with Crippen molar-refractivity contribution in [3.8, 4) is 17.3 Å². The first kappa shape index (κ1) is 22.1. The average molecular weight is 453 g/mol. The lowest BCUT2D eigenvalue weighted by Crippen LogP contribution is -2.35. The van der Waals surface area contributed by atoms with Crippen molar-refractivity contribution >= 4 is 17.8 Å². The Labute approximate surface area is 188 Å². The molecule has 2 aromatic heterocycles. The molecular weight excluding hydrogens is 430 g/mol. The Morgan fingerprint density at radius 1 is 1.27 bits per heavy atom. The summed E-state index contributed by atoms with van der Waals surface area (Å²) in [5.74, 6) is 0.574. The number of methoxy groups -OCH3 is 1. The molecule has 3 aromatic rings. The lowest BCUT2D eigenvalue weighted by atomic mass is 9.96. The van der Waals surface area contributed by atoms with E-state index in [-0.39, 0.29) is 30.6 Å². The average Bonchev–Trinajstić information content (AvgIpc) is 3.32. The minimum Gasteiger partial charge on any atom is -0.496 e. The summed E-state index contributed by atoms with van der Waals surface area (Å²) in [6.07, 6.45) is -0.453. The van der Waals surface area contributed by atoms with Crippen molar-refractivity contribution in [3.05, 3.63) is 47.0 Å². The Kier molecular flexibility index (Phi) is 6.18. The van der Waals surface area contributed by atoms with E-state index in [0.29, 0.717) is 30.2 Å². The van der Waals surface area contributed by atoms with Crippen LogP contribution in [-0.2, 0) is 13.0 Å². The molecule has 1 aromatic carbocycles. The number of tetrazole rings is 1. The zero-order chi connectivity index (χ0) is 23.5. The number of ether oxygens (including phenoxy) is 1. The van der Waals surface area contributed by atoms with E-state index in [1.807, 2.05) is 0 Å². The van der Waals surface area contributed by atoms with Crippen LogP contribution < -0.4 is 10.1 Å². The molecule has 3 N–H and O–H groups in total. The lowest BCUT2D eigenvalue weighted by Gasteiger charge is -2.27. The van der Waals surface area contributed by atoms with E-state index in [9.17, 15) is 19.8 Å². The standard InChI is InChI=1S/C21H23N7O5/c1-12(11-29)28-19(24-25-26-28)16-4-3-5-18(22-16)23-20(30)15-8-14-10-27(21(31)32)7-6-13(14)9-17(15)33-2/h3-5,8-9,12,29H,6-7,10-11H2,1-2H3,(H,31,32)(H,22,23,30)/t12-/m1/s1. The molecule has 0 saturated carbocycles. The van der Waals surface area contributed by atoms with E-state index >= 15 is 0 Å². The first-order valence-electron chi connectivity index (χ1n) is 10.3. The second kappa shape index (κ2) is 9.20. The number of carbonyl (C=O) groups is 2. The number of aromatic nitrogens is 5. The number of amides is 2. The molecule has 0 saturated heterocycles. The number of carboxylic acid groups (broad SMARTS) is 1. The Morgan fingerprint density at radius 3 is 2.82 bits per heavy atom. The number of carbonyl (C=O) groups excluding carboxylic acids is 1. The molecule has 2 amide bonds. The number of pyridine rings is 1. The highest BCUT2D eigenvalue weighted by Crippen LogP contribution is 2.29. The first-order valence-corrected chi connectivity index (χ1v) is 10.3. The quantitative estimate of drug-likeness (QED) is 0.504. The van der Waals surface area contributed by atoms with Gasteiger partial charge in [-0.25, -0.2) is 14.5 Å². The fourth-order valence-corrected chi connectivity index (χ4v) is 3.65. The minimum absolute atomic E-state index is 0.147. The summed E-state index contributed by atoms with van der Waals surface area (Å²) in [5.41, 5.74) is 2.40. The number of nitrogens with one attached hydrogen (secondary N) is 1. The molecule has 0 spiro atoms. The molecule has 0 bridgehead atoms. The van der Waals surface area contributed by atoms with Gasteiger partial charge in [-0.1, -0.05) is 6.07 Å². The van der Waals surface area contributed by atoms with Gasteiger partial charge in [-0.2, -0.15) is 0 Å². The van der Waals surface area contributed by atoms with Crippen molar-refractivity contribution in [2.24, 2.45) is 0 Å². The third-order valence-corrected chi connectivity index (χ3v) is 5.44. The zero-order valence-corrected chi connectivity index (χ0v) is 18.1. The number of benzene rings is 1. The topological polar surface area (TPSA) is 156 Å². The number of anilines is 1. The minimum atomic E-state index is -0.999. The molecular formula is C21H23N7O5. The van der Waals surface area contributed by atoms with Gasteiger partial charge in [0.15, 0.2) is 0 Å². The van der Waals surface area contributed by atoms with Crippen molar-refractivity contribution in [3.63, 3.8) is 0 Å². The van der Waals surface area contributed by atoms with E-state index in [4.69, 9.17) is 4.74 Å². The van der Waals surface area contributed by atoms with Crippen molar-refractivity contribution in [1.29, 1.82) is 0 Å². The molecule has 3 heterocycles. The van der Waals surface area contributed by atoms with Crippen molar-refractivity contribution in [2.75, 3.05) is 25.6 Å². The number of aliphatic hydroxyl groups is 1. The number of hydrogen-bond acceptors (Lipinski definition) is 8. The van der Waals surface area contributed by atoms with Crippen molar-refractivity contribution in [1.82, 2.24) is 30.1 Å². The van der Waals surface area contributed by atoms with Gasteiger partial charge in [0, 0.05) is 13.1 Å². The van der Waals surface area contributed by atoms with Crippen LogP contribution >= 0.6 is 0 Å². The highest BCUT2D eigenvalue weighted by atomic mass is 16.5. The van der Waals surface area contributed by atoms with Crippen LogP contribution in [-0.4, -0.2) is 72.6 Å². The SMILES string of the molecule is COc1cc2c(cc1C(=O)Nc1cccc(-c3nnnn3[C@H](C)CO)n1)CN(C(=O)O)CC2. The molecule has 1 aliphatic heterocycles. The number of rotatable bonds is 6. The van der Waals surface area contributed by atoms with E-state index in [1.165, 1.54) is 16.7 Å². The molecule has 1 aliphatic rings. The highest BCUT2D eigenvalue weighted by molar-refractivity contribution is 6.06. The normalized spacial score (nSPS) is 13.8. The Balaban J connectivity index is 1.61. The molecule has 0 unspecified atom stereocenters. The molecule has 12 heteroatoms. The van der Waals surface area contributed by atoms with Crippen LogP contribution in [0, 0.1) is 0 Å². The zero-order valence-electron chi connectivity index (χ0n) is 18.1. The number of fused-ring (bicyclic) bond motifs is 1. The van der Waals surface area contributed by atoms with E-state index in [2.05, 4.69) is 25.8 Å². The predicted molar refractivity (Wildman–Crippen MR) is 116 cm³/mol. The van der Waals surface area contributed by atoms with Crippen LogP contribution in [0.15, 0.2) is 30.3 Å². The Bertz CT molecular complexity index is 1200. The fraction of sp³-hybridized carbons (Fsp3) is 0.333. The van der Waals surface area contributed by atoms with Gasteiger partial charge in [-0.3, -0.25) is 4.79 Å². The second-order valence-corrected chi connectivity index (χ2v) is 7.62. The van der Waals surface area contributed by atoms with Crippen LogP contribution in [0.25, 0.3) is 11.5 Å². The van der Waals surface area contributed by atoms with Gasteiger partial charge in [0.2, 0.25) is 5.82 Å². The van der Waals surface area contributed by atoms with Gasteiger partial charge < -0.3 is 25.2 Å². The van der Waals surface area contributed by atoms with Crippen LogP contribution in [0.1, 0.15) is 34.5 Å². The molecule has 4 rings (SSSR count). The summed E-state index contributed by atoms with van der Waals surface area (Å²) < 4.78 is 6.87. The van der Waals surface area contributed by atoms with Gasteiger partial charge in [-0.15, -0.1) is 5.10 Å². The molecule has 0 aliphatic carbocycles. The maximum atomic E-state index is 13.1. The van der Waals surface area contributed by atoms with Gasteiger partial charge in [0.05, 0.1) is 25.3 Å². The molecule has 0 radical (unpaired) electrons. The van der Waals surface area contributed by atoms with Crippen LogP contribution in [0.3, 0.4) is 0 Å². The number of nitrogens with zero attached hydrogens (tertiary/aromatic N) is 6. The monoisotopic (exact) mass is 453 g/mol. The fourth-order valence-electron chi connectivity index (χ4n) is 3.65. The van der Waals surface area contributed by atoms with Gasteiger partial charge >= 0.3 is 6.09 Å². The van der Waals surface area contributed by atoms with Crippen LogP contribution in [0.2, 0.25) is 0 Å². The summed E-state index contributed by atoms with van der Waals surface area (Å²) >= 11 is 0. The smallest absolute Gasteiger partial charge is 0.407 e. The maximum absolute atomic E-state index is 13.1. The molecule has 0 fully saturated rings. The molecule has 33 heavy (non-hydrogen) atoms. The van der Waals surface area contributed by atoms with E-state index in [1.54, 1.807) is 37.3 Å². The molecule has 12 nitrogen and oxygen atoms in total. The number of aliphatic hydroxyl groups excluding tert-OH is 1. The summed E-state index contributed by atoms with van der Waals surface area (Å²) in [7, 11) is 1.48. The van der Waals surface area contributed by atoms with E-state index < -0.39 is 12.0 Å². The molecule has 172 valence electrons. The molecule has 1 atom stereocenters. The lowest BCUT2D eigenvalue weighted by molar-refractivity contribution is 0.102.